The Morgan fingerprint density at radius 2 is 1.96 bits per heavy atom. The maximum absolute atomic E-state index is 12.5. The van der Waals surface area contributed by atoms with Crippen LogP contribution in [0.3, 0.4) is 0 Å². The van der Waals surface area contributed by atoms with E-state index in [-0.39, 0.29) is 17.6 Å². The van der Waals surface area contributed by atoms with Gasteiger partial charge in [0.2, 0.25) is 0 Å². The molecule has 6 heteroatoms. The summed E-state index contributed by atoms with van der Waals surface area (Å²) in [6.07, 6.45) is 4.57. The monoisotopic (exact) mass is 316 g/mol. The predicted octanol–water partition coefficient (Wildman–Crippen LogP) is 2.26. The Bertz CT molecular complexity index is 658. The van der Waals surface area contributed by atoms with Crippen LogP contribution in [-0.2, 0) is 0 Å². The van der Waals surface area contributed by atoms with E-state index in [1.54, 1.807) is 6.07 Å². The zero-order valence-corrected chi connectivity index (χ0v) is 12.8. The van der Waals surface area contributed by atoms with Crippen LogP contribution in [0.15, 0.2) is 24.3 Å². The standard InChI is InChI=1S/C17H20N2O4/c20-16(11-2-1-3-14(6-11)19(22)23)18-15-12-4-10-5-13(15)9-17(21,7-10)8-12/h1-3,6,10,12-13,15,21H,4-5,7-9H2,(H,18,20). The van der Waals surface area contributed by atoms with E-state index in [4.69, 9.17) is 0 Å². The number of amides is 1. The fraction of sp³-hybridized carbons (Fsp3) is 0.588. The molecule has 0 heterocycles. The summed E-state index contributed by atoms with van der Waals surface area (Å²) in [6, 6.07) is 5.92. The Morgan fingerprint density at radius 1 is 1.26 bits per heavy atom. The molecule has 0 aromatic heterocycles. The number of carbonyl (C=O) groups is 1. The highest BCUT2D eigenvalue weighted by Gasteiger charge is 2.55. The SMILES string of the molecule is O=C(NC1C2CC3CC1CC(O)(C3)C2)c1cccc([N+](=O)[O-])c1. The molecule has 4 fully saturated rings. The van der Waals surface area contributed by atoms with Crippen molar-refractivity contribution in [3.8, 4) is 0 Å². The first kappa shape index (κ1) is 14.6. The summed E-state index contributed by atoms with van der Waals surface area (Å²) in [5.41, 5.74) is -0.271. The van der Waals surface area contributed by atoms with Gasteiger partial charge in [-0.3, -0.25) is 14.9 Å². The van der Waals surface area contributed by atoms with Crippen LogP contribution >= 0.6 is 0 Å². The average Bonchev–Trinajstić information content (AvgIpc) is 2.49. The first-order valence-electron chi connectivity index (χ1n) is 8.21. The second-order valence-corrected chi connectivity index (χ2v) is 7.50. The largest absolute Gasteiger partial charge is 0.390 e. The topological polar surface area (TPSA) is 92.5 Å². The molecule has 1 aromatic rings. The van der Waals surface area contributed by atoms with Crippen molar-refractivity contribution >= 4 is 11.6 Å². The Kier molecular flexibility index (Phi) is 3.20. The molecule has 5 rings (SSSR count). The first-order chi connectivity index (χ1) is 10.9. The van der Waals surface area contributed by atoms with E-state index in [0.717, 1.165) is 32.1 Å². The molecule has 2 N–H and O–H groups in total. The lowest BCUT2D eigenvalue weighted by Gasteiger charge is -2.58. The van der Waals surface area contributed by atoms with Gasteiger partial charge in [-0.25, -0.2) is 0 Å². The van der Waals surface area contributed by atoms with Gasteiger partial charge in [-0.15, -0.1) is 0 Å². The normalized spacial score (nSPS) is 37.6. The summed E-state index contributed by atoms with van der Waals surface area (Å²) < 4.78 is 0. The van der Waals surface area contributed by atoms with Gasteiger partial charge in [-0.1, -0.05) is 6.07 Å². The van der Waals surface area contributed by atoms with Crippen molar-refractivity contribution in [2.24, 2.45) is 17.8 Å². The molecule has 6 nitrogen and oxygen atoms in total. The molecule has 2 unspecified atom stereocenters. The van der Waals surface area contributed by atoms with Crippen LogP contribution in [-0.4, -0.2) is 27.6 Å². The van der Waals surface area contributed by atoms with E-state index in [1.807, 2.05) is 0 Å². The molecule has 2 atom stereocenters. The number of carbonyl (C=O) groups excluding carboxylic acids is 1. The van der Waals surface area contributed by atoms with Gasteiger partial charge in [-0.05, 0) is 55.9 Å². The number of rotatable bonds is 3. The Balaban J connectivity index is 1.51. The van der Waals surface area contributed by atoms with Crippen molar-refractivity contribution in [3.05, 3.63) is 39.9 Å². The zero-order valence-electron chi connectivity index (χ0n) is 12.8. The fourth-order valence-electron chi connectivity index (χ4n) is 5.21. The maximum atomic E-state index is 12.5. The number of nitro benzene ring substituents is 1. The van der Waals surface area contributed by atoms with Crippen LogP contribution in [0.4, 0.5) is 5.69 Å². The maximum Gasteiger partial charge on any atom is 0.270 e. The number of benzene rings is 1. The van der Waals surface area contributed by atoms with Crippen molar-refractivity contribution in [2.75, 3.05) is 0 Å². The zero-order chi connectivity index (χ0) is 16.2. The van der Waals surface area contributed by atoms with Crippen molar-refractivity contribution in [1.29, 1.82) is 0 Å². The van der Waals surface area contributed by atoms with E-state index in [1.165, 1.54) is 18.2 Å². The number of non-ortho nitro benzene ring substituents is 1. The third-order valence-corrected chi connectivity index (χ3v) is 5.86. The molecule has 4 bridgehead atoms. The number of nitrogens with zero attached hydrogens (tertiary/aromatic N) is 1. The van der Waals surface area contributed by atoms with Crippen molar-refractivity contribution in [2.45, 2.75) is 43.7 Å². The van der Waals surface area contributed by atoms with Gasteiger partial charge in [-0.2, -0.15) is 0 Å². The molecule has 1 aromatic carbocycles. The lowest BCUT2D eigenvalue weighted by atomic mass is 9.52. The van der Waals surface area contributed by atoms with Crippen LogP contribution < -0.4 is 5.32 Å². The predicted molar refractivity (Wildman–Crippen MR) is 82.9 cm³/mol. The van der Waals surface area contributed by atoms with Gasteiger partial charge in [0.1, 0.15) is 0 Å². The number of nitrogens with one attached hydrogen (secondary N) is 1. The highest BCUT2D eigenvalue weighted by molar-refractivity contribution is 5.95. The van der Waals surface area contributed by atoms with Crippen LogP contribution in [0.1, 0.15) is 42.5 Å². The van der Waals surface area contributed by atoms with Crippen LogP contribution in [0, 0.1) is 27.9 Å². The van der Waals surface area contributed by atoms with E-state index in [2.05, 4.69) is 5.32 Å². The van der Waals surface area contributed by atoms with Gasteiger partial charge in [0.05, 0.1) is 10.5 Å². The molecule has 4 aliphatic rings. The van der Waals surface area contributed by atoms with Crippen molar-refractivity contribution in [1.82, 2.24) is 5.32 Å². The quantitative estimate of drug-likeness (QED) is 0.661. The molecular weight excluding hydrogens is 296 g/mol. The lowest BCUT2D eigenvalue weighted by Crippen LogP contribution is -2.61. The minimum absolute atomic E-state index is 0.0722. The van der Waals surface area contributed by atoms with Gasteiger partial charge >= 0.3 is 0 Å². The van der Waals surface area contributed by atoms with E-state index >= 15 is 0 Å². The van der Waals surface area contributed by atoms with E-state index < -0.39 is 10.5 Å². The molecule has 0 spiro atoms. The summed E-state index contributed by atoms with van der Waals surface area (Å²) in [7, 11) is 0. The van der Waals surface area contributed by atoms with Crippen molar-refractivity contribution < 1.29 is 14.8 Å². The highest BCUT2D eigenvalue weighted by atomic mass is 16.6. The van der Waals surface area contributed by atoms with E-state index in [0.29, 0.717) is 23.3 Å². The van der Waals surface area contributed by atoms with Gasteiger partial charge in [0, 0.05) is 23.7 Å². The second-order valence-electron chi connectivity index (χ2n) is 7.50. The molecular formula is C17H20N2O4. The highest BCUT2D eigenvalue weighted by Crippen LogP contribution is 2.55. The lowest BCUT2D eigenvalue weighted by molar-refractivity contribution is -0.384. The van der Waals surface area contributed by atoms with Crippen molar-refractivity contribution in [3.63, 3.8) is 0 Å². The van der Waals surface area contributed by atoms with Gasteiger partial charge < -0.3 is 10.4 Å². The van der Waals surface area contributed by atoms with Gasteiger partial charge in [0.25, 0.3) is 11.6 Å². The first-order valence-corrected chi connectivity index (χ1v) is 8.21. The van der Waals surface area contributed by atoms with Crippen LogP contribution in [0.25, 0.3) is 0 Å². The average molecular weight is 316 g/mol. The molecule has 0 saturated heterocycles. The third-order valence-electron chi connectivity index (χ3n) is 5.86. The molecule has 4 saturated carbocycles. The number of hydrogen-bond acceptors (Lipinski definition) is 4. The third kappa shape index (κ3) is 2.51. The Morgan fingerprint density at radius 3 is 2.57 bits per heavy atom. The summed E-state index contributed by atoms with van der Waals surface area (Å²) in [6.45, 7) is 0. The summed E-state index contributed by atoms with van der Waals surface area (Å²) in [4.78, 5) is 22.9. The molecule has 4 aliphatic carbocycles. The molecule has 1 amide bonds. The Hall–Kier alpha value is -1.95. The number of hydrogen-bond donors (Lipinski definition) is 2. The fourth-order valence-corrected chi connectivity index (χ4v) is 5.21. The molecule has 0 radical (unpaired) electrons. The van der Waals surface area contributed by atoms with Crippen LogP contribution in [0.2, 0.25) is 0 Å². The van der Waals surface area contributed by atoms with E-state index in [9.17, 15) is 20.0 Å². The molecule has 23 heavy (non-hydrogen) atoms. The summed E-state index contributed by atoms with van der Waals surface area (Å²) in [5.74, 6) is 0.990. The summed E-state index contributed by atoms with van der Waals surface area (Å²) >= 11 is 0. The minimum atomic E-state index is -0.525. The minimum Gasteiger partial charge on any atom is -0.390 e. The number of nitro groups is 1. The Labute approximate surface area is 134 Å². The summed E-state index contributed by atoms with van der Waals surface area (Å²) in [5, 5.41) is 24.5. The second kappa shape index (κ2) is 5.03. The smallest absolute Gasteiger partial charge is 0.270 e. The van der Waals surface area contributed by atoms with Gasteiger partial charge in [0.15, 0.2) is 0 Å². The van der Waals surface area contributed by atoms with Crippen LogP contribution in [0.5, 0.6) is 0 Å². The molecule has 0 aliphatic heterocycles. The number of aliphatic hydroxyl groups is 1. The molecule has 122 valence electrons.